The minimum Gasteiger partial charge on any atom is -0.372 e. The Hall–Kier alpha value is -1.16. The van der Waals surface area contributed by atoms with Gasteiger partial charge in [-0.15, -0.1) is 0 Å². The first-order valence-corrected chi connectivity index (χ1v) is 6.87. The third kappa shape index (κ3) is 3.95. The average Bonchev–Trinajstić information content (AvgIpc) is 2.38. The van der Waals surface area contributed by atoms with Crippen LogP contribution in [0, 0.1) is 0 Å². The fourth-order valence-electron chi connectivity index (χ4n) is 1.89. The molecule has 102 valence electrons. The van der Waals surface area contributed by atoms with Crippen LogP contribution in [0.15, 0.2) is 6.20 Å². The van der Waals surface area contributed by atoms with E-state index in [1.165, 1.54) is 19.3 Å². The maximum atomic E-state index is 5.80. The molecule has 0 aliphatic rings. The molecule has 0 unspecified atom stereocenters. The van der Waals surface area contributed by atoms with Gasteiger partial charge in [0.1, 0.15) is 5.82 Å². The third-order valence-corrected chi connectivity index (χ3v) is 3.08. The summed E-state index contributed by atoms with van der Waals surface area (Å²) in [5, 5.41) is 0. The van der Waals surface area contributed by atoms with Gasteiger partial charge in [-0.25, -0.2) is 9.97 Å². The molecule has 1 aromatic rings. The molecule has 2 N–H and O–H groups in total. The molecule has 1 heterocycles. The van der Waals surface area contributed by atoms with Crippen LogP contribution in [0.5, 0.6) is 0 Å². The van der Waals surface area contributed by atoms with Crippen LogP contribution in [-0.2, 0) is 6.54 Å². The first kappa shape index (κ1) is 14.9. The minimum absolute atomic E-state index is 0.342. The highest BCUT2D eigenvalue weighted by Crippen LogP contribution is 2.19. The van der Waals surface area contributed by atoms with Gasteiger partial charge in [-0.1, -0.05) is 33.6 Å². The van der Waals surface area contributed by atoms with Gasteiger partial charge in [0, 0.05) is 26.1 Å². The number of rotatable bonds is 7. The van der Waals surface area contributed by atoms with Crippen LogP contribution < -0.4 is 10.6 Å². The third-order valence-electron chi connectivity index (χ3n) is 3.08. The van der Waals surface area contributed by atoms with Crippen molar-refractivity contribution < 1.29 is 0 Å². The van der Waals surface area contributed by atoms with Crippen molar-refractivity contribution in [2.24, 2.45) is 5.73 Å². The summed E-state index contributed by atoms with van der Waals surface area (Å²) in [5.74, 6) is 1.22. The first-order chi connectivity index (χ1) is 8.60. The second kappa shape index (κ2) is 7.31. The van der Waals surface area contributed by atoms with Crippen LogP contribution >= 0.6 is 0 Å². The van der Waals surface area contributed by atoms with Crippen molar-refractivity contribution in [3.8, 4) is 0 Å². The van der Waals surface area contributed by atoms with Gasteiger partial charge in [0.25, 0.3) is 0 Å². The highest BCUT2D eigenvalue weighted by atomic mass is 15.1. The lowest BCUT2D eigenvalue weighted by Gasteiger charge is -2.21. The van der Waals surface area contributed by atoms with E-state index in [-0.39, 0.29) is 0 Å². The Bertz CT molecular complexity index is 363. The van der Waals surface area contributed by atoms with E-state index in [4.69, 9.17) is 5.73 Å². The molecule has 0 saturated heterocycles. The van der Waals surface area contributed by atoms with E-state index in [1.54, 1.807) is 0 Å². The Morgan fingerprint density at radius 2 is 2.06 bits per heavy atom. The predicted molar refractivity (Wildman–Crippen MR) is 76.8 cm³/mol. The summed E-state index contributed by atoms with van der Waals surface area (Å²) in [6.07, 6.45) is 5.60. The SMILES string of the molecule is CCCCCN(C)c1cnc(C(C)C)nc1CN. The molecule has 4 nitrogen and oxygen atoms in total. The monoisotopic (exact) mass is 250 g/mol. The molecular weight excluding hydrogens is 224 g/mol. The topological polar surface area (TPSA) is 55.0 Å². The molecule has 4 heteroatoms. The normalized spacial score (nSPS) is 11.0. The molecule has 0 amide bonds. The number of unbranched alkanes of at least 4 members (excludes halogenated alkanes) is 2. The summed E-state index contributed by atoms with van der Waals surface area (Å²) in [6.45, 7) is 7.91. The van der Waals surface area contributed by atoms with Crippen molar-refractivity contribution in [3.63, 3.8) is 0 Å². The Labute approximate surface area is 111 Å². The van der Waals surface area contributed by atoms with E-state index in [9.17, 15) is 0 Å². The predicted octanol–water partition coefficient (Wildman–Crippen LogP) is 2.69. The van der Waals surface area contributed by atoms with Crippen molar-refractivity contribution >= 4 is 5.69 Å². The van der Waals surface area contributed by atoms with Gasteiger partial charge in [0.15, 0.2) is 0 Å². The molecule has 0 aliphatic heterocycles. The number of nitrogens with two attached hydrogens (primary N) is 1. The number of hydrogen-bond donors (Lipinski definition) is 1. The molecule has 0 saturated carbocycles. The molecule has 0 aliphatic carbocycles. The van der Waals surface area contributed by atoms with Gasteiger partial charge in [0.05, 0.1) is 17.6 Å². The van der Waals surface area contributed by atoms with E-state index in [0.717, 1.165) is 23.8 Å². The Kier molecular flexibility index (Phi) is 6.05. The molecule has 1 rings (SSSR count). The molecule has 0 radical (unpaired) electrons. The highest BCUT2D eigenvalue weighted by molar-refractivity contribution is 5.48. The first-order valence-electron chi connectivity index (χ1n) is 6.87. The smallest absolute Gasteiger partial charge is 0.131 e. The summed E-state index contributed by atoms with van der Waals surface area (Å²) in [6, 6.07) is 0. The largest absolute Gasteiger partial charge is 0.372 e. The van der Waals surface area contributed by atoms with E-state index >= 15 is 0 Å². The van der Waals surface area contributed by atoms with Gasteiger partial charge < -0.3 is 10.6 Å². The van der Waals surface area contributed by atoms with Gasteiger partial charge in [-0.05, 0) is 6.42 Å². The van der Waals surface area contributed by atoms with Gasteiger partial charge >= 0.3 is 0 Å². The Balaban J connectivity index is 2.81. The van der Waals surface area contributed by atoms with Crippen LogP contribution in [0.3, 0.4) is 0 Å². The standard InChI is InChI=1S/C14H26N4/c1-5-6-7-8-18(4)13-10-16-14(11(2)3)17-12(13)9-15/h10-11H,5-9,15H2,1-4H3. The lowest BCUT2D eigenvalue weighted by molar-refractivity contribution is 0.696. The van der Waals surface area contributed by atoms with Crippen molar-refractivity contribution in [1.29, 1.82) is 0 Å². The fraction of sp³-hybridized carbons (Fsp3) is 0.714. The van der Waals surface area contributed by atoms with Gasteiger partial charge in [-0.2, -0.15) is 0 Å². The van der Waals surface area contributed by atoms with E-state index in [2.05, 4.69) is 42.7 Å². The van der Waals surface area contributed by atoms with Crippen molar-refractivity contribution in [3.05, 3.63) is 17.7 Å². The molecule has 0 bridgehead atoms. The van der Waals surface area contributed by atoms with Crippen LogP contribution in [-0.4, -0.2) is 23.6 Å². The molecule has 0 spiro atoms. The maximum Gasteiger partial charge on any atom is 0.131 e. The summed E-state index contributed by atoms with van der Waals surface area (Å²) < 4.78 is 0. The number of hydrogen-bond acceptors (Lipinski definition) is 4. The zero-order chi connectivity index (χ0) is 13.5. The van der Waals surface area contributed by atoms with Crippen LogP contribution in [0.2, 0.25) is 0 Å². The second-order valence-corrected chi connectivity index (χ2v) is 5.05. The molecule has 0 aromatic carbocycles. The minimum atomic E-state index is 0.342. The lowest BCUT2D eigenvalue weighted by atomic mass is 10.2. The van der Waals surface area contributed by atoms with Crippen molar-refractivity contribution in [1.82, 2.24) is 9.97 Å². The van der Waals surface area contributed by atoms with Crippen LogP contribution in [0.25, 0.3) is 0 Å². The summed E-state index contributed by atoms with van der Waals surface area (Å²) in [5.41, 5.74) is 7.81. The van der Waals surface area contributed by atoms with Crippen molar-refractivity contribution in [2.75, 3.05) is 18.5 Å². The number of aromatic nitrogens is 2. The van der Waals surface area contributed by atoms with Crippen LogP contribution in [0.1, 0.15) is 57.5 Å². The number of nitrogens with zero attached hydrogens (tertiary/aromatic N) is 3. The molecule has 1 aromatic heterocycles. The van der Waals surface area contributed by atoms with Crippen molar-refractivity contribution in [2.45, 2.75) is 52.5 Å². The van der Waals surface area contributed by atoms with Crippen LogP contribution in [0.4, 0.5) is 5.69 Å². The Morgan fingerprint density at radius 3 is 2.61 bits per heavy atom. The average molecular weight is 250 g/mol. The van der Waals surface area contributed by atoms with E-state index in [1.807, 2.05) is 6.20 Å². The highest BCUT2D eigenvalue weighted by Gasteiger charge is 2.11. The maximum absolute atomic E-state index is 5.80. The summed E-state index contributed by atoms with van der Waals surface area (Å²) in [7, 11) is 2.09. The zero-order valence-corrected chi connectivity index (χ0v) is 12.1. The quantitative estimate of drug-likeness (QED) is 0.756. The summed E-state index contributed by atoms with van der Waals surface area (Å²) in [4.78, 5) is 11.2. The second-order valence-electron chi connectivity index (χ2n) is 5.05. The number of anilines is 1. The van der Waals surface area contributed by atoms with Gasteiger partial charge in [-0.3, -0.25) is 0 Å². The van der Waals surface area contributed by atoms with E-state index in [0.29, 0.717) is 12.5 Å². The van der Waals surface area contributed by atoms with Gasteiger partial charge in [0.2, 0.25) is 0 Å². The zero-order valence-electron chi connectivity index (χ0n) is 12.1. The lowest BCUT2D eigenvalue weighted by Crippen LogP contribution is -2.22. The molecular formula is C14H26N4. The molecule has 0 atom stereocenters. The Morgan fingerprint density at radius 1 is 1.33 bits per heavy atom. The van der Waals surface area contributed by atoms with E-state index < -0.39 is 0 Å². The summed E-state index contributed by atoms with van der Waals surface area (Å²) >= 11 is 0. The molecule has 0 fully saturated rings. The molecule has 18 heavy (non-hydrogen) atoms. The fourth-order valence-corrected chi connectivity index (χ4v) is 1.89.